The van der Waals surface area contributed by atoms with Crippen molar-refractivity contribution in [2.24, 2.45) is 11.7 Å². The van der Waals surface area contributed by atoms with E-state index in [1.165, 1.54) is 16.6 Å². The molecule has 20 heavy (non-hydrogen) atoms. The number of nitrogens with two attached hydrogens (primary N) is 1. The molecular weight excluding hydrogens is 298 g/mol. The molecule has 1 unspecified atom stereocenters. The molecule has 0 amide bonds. The van der Waals surface area contributed by atoms with Gasteiger partial charge in [-0.1, -0.05) is 12.2 Å². The van der Waals surface area contributed by atoms with Gasteiger partial charge in [0.25, 0.3) is 0 Å². The molecule has 1 aromatic rings. The van der Waals surface area contributed by atoms with Gasteiger partial charge in [0.15, 0.2) is 0 Å². The number of sulfonamides is 1. The van der Waals surface area contributed by atoms with E-state index in [1.54, 1.807) is 13.2 Å². The van der Waals surface area contributed by atoms with Gasteiger partial charge in [-0.15, -0.1) is 0 Å². The van der Waals surface area contributed by atoms with Crippen molar-refractivity contribution in [1.82, 2.24) is 9.29 Å². The van der Waals surface area contributed by atoms with Gasteiger partial charge in [-0.05, 0) is 24.5 Å². The molecule has 6 nitrogen and oxygen atoms in total. The number of hydrogen-bond donors (Lipinski definition) is 1. The van der Waals surface area contributed by atoms with Crippen molar-refractivity contribution < 1.29 is 13.2 Å². The van der Waals surface area contributed by atoms with Crippen LogP contribution in [0.4, 0.5) is 0 Å². The van der Waals surface area contributed by atoms with Gasteiger partial charge in [0.05, 0.1) is 6.61 Å². The number of aromatic nitrogens is 1. The van der Waals surface area contributed by atoms with Gasteiger partial charge in [-0.3, -0.25) is 4.98 Å². The fraction of sp³-hybridized carbons (Fsp3) is 0.500. The molecule has 0 radical (unpaired) electrons. The Labute approximate surface area is 124 Å². The van der Waals surface area contributed by atoms with Gasteiger partial charge in [0, 0.05) is 26.4 Å². The minimum absolute atomic E-state index is 0.0168. The zero-order chi connectivity index (χ0) is 14.8. The molecule has 0 aliphatic carbocycles. The highest BCUT2D eigenvalue weighted by atomic mass is 32.2. The number of ether oxygens (including phenoxy) is 1. The molecular formula is C12H17N3O3S2. The molecule has 1 aromatic heterocycles. The van der Waals surface area contributed by atoms with E-state index in [9.17, 15) is 8.42 Å². The second-order valence-electron chi connectivity index (χ2n) is 4.69. The summed E-state index contributed by atoms with van der Waals surface area (Å²) >= 11 is 4.87. The molecule has 110 valence electrons. The summed E-state index contributed by atoms with van der Waals surface area (Å²) in [6.45, 7) is 1.48. The fourth-order valence-electron chi connectivity index (χ4n) is 2.31. The maximum atomic E-state index is 12.6. The van der Waals surface area contributed by atoms with Crippen molar-refractivity contribution in [3.63, 3.8) is 0 Å². The van der Waals surface area contributed by atoms with Crippen molar-refractivity contribution in [2.75, 3.05) is 26.8 Å². The van der Waals surface area contributed by atoms with Crippen LogP contribution in [0.15, 0.2) is 23.2 Å². The van der Waals surface area contributed by atoms with Gasteiger partial charge in [-0.25, -0.2) is 8.42 Å². The number of nitrogens with zero attached hydrogens (tertiary/aromatic N) is 2. The normalized spacial score (nSPS) is 20.1. The van der Waals surface area contributed by atoms with Crippen LogP contribution in [-0.4, -0.2) is 49.5 Å². The third-order valence-corrected chi connectivity index (χ3v) is 5.36. The van der Waals surface area contributed by atoms with Gasteiger partial charge in [0.2, 0.25) is 10.0 Å². The van der Waals surface area contributed by atoms with E-state index >= 15 is 0 Å². The summed E-state index contributed by atoms with van der Waals surface area (Å²) in [6, 6.07) is 3.05. The fourth-order valence-corrected chi connectivity index (χ4v) is 4.23. The molecule has 1 aliphatic rings. The topological polar surface area (TPSA) is 85.5 Å². The van der Waals surface area contributed by atoms with Crippen LogP contribution in [0.25, 0.3) is 0 Å². The molecule has 2 N–H and O–H groups in total. The lowest BCUT2D eigenvalue weighted by Gasteiger charge is -2.18. The summed E-state index contributed by atoms with van der Waals surface area (Å²) in [5.41, 5.74) is 5.70. The molecule has 1 fully saturated rings. The van der Waals surface area contributed by atoms with E-state index in [0.717, 1.165) is 6.42 Å². The first-order valence-corrected chi connectivity index (χ1v) is 8.05. The average molecular weight is 315 g/mol. The monoisotopic (exact) mass is 315 g/mol. The summed E-state index contributed by atoms with van der Waals surface area (Å²) < 4.78 is 31.8. The van der Waals surface area contributed by atoms with Crippen molar-refractivity contribution in [1.29, 1.82) is 0 Å². The minimum atomic E-state index is -3.62. The Kier molecular flexibility index (Phi) is 4.69. The molecule has 0 spiro atoms. The Morgan fingerprint density at radius 3 is 3.05 bits per heavy atom. The number of methoxy groups -OCH3 is 1. The molecule has 0 bridgehead atoms. The maximum Gasteiger partial charge on any atom is 0.245 e. The zero-order valence-corrected chi connectivity index (χ0v) is 12.8. The molecule has 0 saturated carbocycles. The standard InChI is InChI=1S/C12H17N3O3S2/c1-18-8-9-4-6-15(7-9)20(16,17)10-3-2-5-14-11(10)12(13)19/h2-3,5,9H,4,6-8H2,1H3,(H2,13,19). The van der Waals surface area contributed by atoms with E-state index in [2.05, 4.69) is 4.98 Å². The van der Waals surface area contributed by atoms with Crippen LogP contribution in [0, 0.1) is 5.92 Å². The van der Waals surface area contributed by atoms with Gasteiger partial charge in [-0.2, -0.15) is 4.31 Å². The van der Waals surface area contributed by atoms with Crippen molar-refractivity contribution in [3.05, 3.63) is 24.0 Å². The highest BCUT2D eigenvalue weighted by molar-refractivity contribution is 7.89. The Balaban J connectivity index is 2.30. The van der Waals surface area contributed by atoms with Crippen LogP contribution >= 0.6 is 12.2 Å². The van der Waals surface area contributed by atoms with Gasteiger partial charge < -0.3 is 10.5 Å². The molecule has 1 saturated heterocycles. The van der Waals surface area contributed by atoms with E-state index in [1.807, 2.05) is 0 Å². The Hall–Kier alpha value is -1.09. The second kappa shape index (κ2) is 6.13. The summed E-state index contributed by atoms with van der Waals surface area (Å²) in [6.07, 6.45) is 2.26. The number of thiocarbonyl (C=S) groups is 1. The third kappa shape index (κ3) is 2.98. The molecule has 2 heterocycles. The van der Waals surface area contributed by atoms with Crippen molar-refractivity contribution in [3.8, 4) is 0 Å². The van der Waals surface area contributed by atoms with Crippen LogP contribution in [0.2, 0.25) is 0 Å². The SMILES string of the molecule is COCC1CCN(S(=O)(=O)c2cccnc2C(N)=S)C1. The average Bonchev–Trinajstić information content (AvgIpc) is 2.88. The first-order valence-electron chi connectivity index (χ1n) is 6.20. The molecule has 1 atom stereocenters. The lowest BCUT2D eigenvalue weighted by atomic mass is 10.1. The van der Waals surface area contributed by atoms with Crippen LogP contribution < -0.4 is 5.73 Å². The van der Waals surface area contributed by atoms with Crippen LogP contribution in [-0.2, 0) is 14.8 Å². The van der Waals surface area contributed by atoms with Crippen molar-refractivity contribution in [2.45, 2.75) is 11.3 Å². The molecule has 1 aliphatic heterocycles. The summed E-state index contributed by atoms with van der Waals surface area (Å²) in [4.78, 5) is 4.03. The van der Waals surface area contributed by atoms with E-state index < -0.39 is 10.0 Å². The Bertz CT molecular complexity index is 604. The highest BCUT2D eigenvalue weighted by Gasteiger charge is 2.34. The summed E-state index contributed by atoms with van der Waals surface area (Å²) in [7, 11) is -2.00. The van der Waals surface area contributed by atoms with Crippen LogP contribution in [0.1, 0.15) is 12.1 Å². The molecule has 2 rings (SSSR count). The maximum absolute atomic E-state index is 12.6. The van der Waals surface area contributed by atoms with Gasteiger partial charge in [0.1, 0.15) is 15.6 Å². The predicted molar refractivity (Wildman–Crippen MR) is 78.9 cm³/mol. The van der Waals surface area contributed by atoms with Gasteiger partial charge >= 0.3 is 0 Å². The smallest absolute Gasteiger partial charge is 0.245 e. The number of rotatable bonds is 5. The van der Waals surface area contributed by atoms with Crippen molar-refractivity contribution >= 4 is 27.2 Å². The second-order valence-corrected chi connectivity index (χ2v) is 7.03. The molecule has 8 heteroatoms. The lowest BCUT2D eigenvalue weighted by Crippen LogP contribution is -2.31. The van der Waals surface area contributed by atoms with Crippen LogP contribution in [0.3, 0.4) is 0 Å². The third-order valence-electron chi connectivity index (χ3n) is 3.27. The minimum Gasteiger partial charge on any atom is -0.388 e. The van der Waals surface area contributed by atoms with E-state index in [4.69, 9.17) is 22.7 Å². The number of hydrogen-bond acceptors (Lipinski definition) is 5. The first kappa shape index (κ1) is 15.3. The summed E-state index contributed by atoms with van der Waals surface area (Å²) in [5, 5.41) is 0. The van der Waals surface area contributed by atoms with E-state index in [-0.39, 0.29) is 21.5 Å². The summed E-state index contributed by atoms with van der Waals surface area (Å²) in [5.74, 6) is 0.222. The van der Waals surface area contributed by atoms with Crippen LogP contribution in [0.5, 0.6) is 0 Å². The lowest BCUT2D eigenvalue weighted by molar-refractivity contribution is 0.157. The highest BCUT2D eigenvalue weighted by Crippen LogP contribution is 2.25. The quantitative estimate of drug-likeness (QED) is 0.790. The zero-order valence-electron chi connectivity index (χ0n) is 11.2. The first-order chi connectivity index (χ1) is 9.46. The number of pyridine rings is 1. The largest absolute Gasteiger partial charge is 0.388 e. The Morgan fingerprint density at radius 2 is 2.40 bits per heavy atom. The predicted octanol–water partition coefficient (Wildman–Crippen LogP) is 0.373. The van der Waals surface area contributed by atoms with E-state index in [0.29, 0.717) is 19.7 Å². The Morgan fingerprint density at radius 1 is 1.65 bits per heavy atom. The molecule has 0 aromatic carbocycles.